The van der Waals surface area contributed by atoms with Crippen LogP contribution in [0.25, 0.3) is 0 Å². The Morgan fingerprint density at radius 1 is 1.33 bits per heavy atom. The van der Waals surface area contributed by atoms with Crippen LogP contribution < -0.4 is 5.32 Å². The van der Waals surface area contributed by atoms with Gasteiger partial charge in [-0.1, -0.05) is 45.2 Å². The number of hydrogen-bond donors (Lipinski definition) is 1. The second-order valence-electron chi connectivity index (χ2n) is 6.84. The first-order valence-corrected chi connectivity index (χ1v) is 8.79. The lowest BCUT2D eigenvalue weighted by Crippen LogP contribution is -2.36. The molecule has 1 saturated carbocycles. The Morgan fingerprint density at radius 3 is 2.81 bits per heavy atom. The summed E-state index contributed by atoms with van der Waals surface area (Å²) in [6.45, 7) is 7.92. The molecule has 21 heavy (non-hydrogen) atoms. The van der Waals surface area contributed by atoms with Gasteiger partial charge in [-0.2, -0.15) is 0 Å². The largest absolute Gasteiger partial charge is 0.314 e. The summed E-state index contributed by atoms with van der Waals surface area (Å²) in [5.41, 5.74) is 1.27. The number of halogens is 1. The van der Waals surface area contributed by atoms with E-state index in [4.69, 9.17) is 11.6 Å². The van der Waals surface area contributed by atoms with Crippen molar-refractivity contribution in [3.05, 3.63) is 29.0 Å². The zero-order valence-corrected chi connectivity index (χ0v) is 14.4. The number of aromatic nitrogens is 1. The first-order valence-electron chi connectivity index (χ1n) is 8.41. The maximum absolute atomic E-state index is 6.31. The van der Waals surface area contributed by atoms with E-state index in [1.54, 1.807) is 6.20 Å². The van der Waals surface area contributed by atoms with Crippen molar-refractivity contribution in [2.24, 2.45) is 17.8 Å². The number of pyridine rings is 1. The molecule has 2 rings (SSSR count). The minimum Gasteiger partial charge on any atom is -0.314 e. The average Bonchev–Trinajstić information content (AvgIpc) is 2.48. The van der Waals surface area contributed by atoms with Gasteiger partial charge in [-0.05, 0) is 55.2 Å². The van der Waals surface area contributed by atoms with Gasteiger partial charge in [0.15, 0.2) is 0 Å². The number of nitrogens with zero attached hydrogens (tertiary/aromatic N) is 1. The van der Waals surface area contributed by atoms with Crippen molar-refractivity contribution in [3.8, 4) is 0 Å². The molecule has 0 spiro atoms. The van der Waals surface area contributed by atoms with Gasteiger partial charge in [0.25, 0.3) is 0 Å². The van der Waals surface area contributed by atoms with Crippen molar-refractivity contribution in [2.75, 3.05) is 6.54 Å². The molecular formula is C18H29ClN2. The van der Waals surface area contributed by atoms with Crippen LogP contribution in [0.5, 0.6) is 0 Å². The van der Waals surface area contributed by atoms with Crippen LogP contribution in [-0.2, 0) is 6.42 Å². The van der Waals surface area contributed by atoms with E-state index in [2.05, 4.69) is 37.1 Å². The van der Waals surface area contributed by atoms with Crippen molar-refractivity contribution in [1.82, 2.24) is 10.3 Å². The fourth-order valence-corrected chi connectivity index (χ4v) is 3.75. The lowest BCUT2D eigenvalue weighted by Gasteiger charge is -2.37. The Bertz CT molecular complexity index is 433. The van der Waals surface area contributed by atoms with Gasteiger partial charge in [0.05, 0.1) is 5.02 Å². The third-order valence-electron chi connectivity index (χ3n) is 4.95. The Balaban J connectivity index is 2.04. The lowest BCUT2D eigenvalue weighted by atomic mass is 9.71. The normalized spacial score (nSPS) is 26.2. The second kappa shape index (κ2) is 8.14. The molecule has 3 unspecified atom stereocenters. The van der Waals surface area contributed by atoms with E-state index < -0.39 is 0 Å². The lowest BCUT2D eigenvalue weighted by molar-refractivity contribution is 0.169. The van der Waals surface area contributed by atoms with Crippen LogP contribution in [0.2, 0.25) is 5.02 Å². The summed E-state index contributed by atoms with van der Waals surface area (Å²) in [4.78, 5) is 4.10. The van der Waals surface area contributed by atoms with Gasteiger partial charge in [-0.25, -0.2) is 0 Å². The van der Waals surface area contributed by atoms with E-state index in [-0.39, 0.29) is 0 Å². The second-order valence-corrected chi connectivity index (χ2v) is 7.25. The van der Waals surface area contributed by atoms with Gasteiger partial charge in [0.2, 0.25) is 0 Å². The van der Waals surface area contributed by atoms with Crippen LogP contribution in [0.4, 0.5) is 0 Å². The van der Waals surface area contributed by atoms with Crippen LogP contribution in [0.15, 0.2) is 18.5 Å². The highest BCUT2D eigenvalue weighted by atomic mass is 35.5. The number of nitrogens with one attached hydrogen (secondary N) is 1. The summed E-state index contributed by atoms with van der Waals surface area (Å²) in [6, 6.07) is 2.66. The fourth-order valence-electron chi connectivity index (χ4n) is 3.55. The molecule has 1 aromatic rings. The summed E-state index contributed by atoms with van der Waals surface area (Å²) in [7, 11) is 0. The number of hydrogen-bond acceptors (Lipinski definition) is 2. The van der Waals surface area contributed by atoms with Gasteiger partial charge >= 0.3 is 0 Å². The molecule has 1 N–H and O–H groups in total. The molecular weight excluding hydrogens is 280 g/mol. The molecule has 3 atom stereocenters. The smallest absolute Gasteiger partial charge is 0.0621 e. The van der Waals surface area contributed by atoms with E-state index in [0.717, 1.165) is 35.7 Å². The van der Waals surface area contributed by atoms with Crippen molar-refractivity contribution in [3.63, 3.8) is 0 Å². The van der Waals surface area contributed by atoms with E-state index in [1.807, 2.05) is 6.20 Å². The topological polar surface area (TPSA) is 24.9 Å². The third-order valence-corrected chi connectivity index (χ3v) is 5.29. The van der Waals surface area contributed by atoms with Crippen molar-refractivity contribution >= 4 is 11.6 Å². The van der Waals surface area contributed by atoms with Crippen LogP contribution in [0.1, 0.15) is 52.0 Å². The standard InChI is InChI=1S/C18H29ClN2/c1-4-14-5-6-16(11-21-13(2)3)17(9-14)10-15-7-8-20-12-18(15)19/h7-8,12-14,16-17,21H,4-6,9-11H2,1-3H3. The predicted octanol–water partition coefficient (Wildman–Crippen LogP) is 4.72. The van der Waals surface area contributed by atoms with Gasteiger partial charge in [0, 0.05) is 18.4 Å². The minimum atomic E-state index is 0.569. The Labute approximate surface area is 134 Å². The molecule has 1 heterocycles. The highest BCUT2D eigenvalue weighted by Crippen LogP contribution is 2.38. The molecule has 1 aliphatic carbocycles. The third kappa shape index (κ3) is 4.96. The molecule has 0 aromatic carbocycles. The van der Waals surface area contributed by atoms with Gasteiger partial charge in [-0.3, -0.25) is 4.98 Å². The zero-order chi connectivity index (χ0) is 15.2. The summed E-state index contributed by atoms with van der Waals surface area (Å²) in [5, 5.41) is 4.46. The molecule has 3 heteroatoms. The molecule has 0 saturated heterocycles. The fraction of sp³-hybridized carbons (Fsp3) is 0.722. The SMILES string of the molecule is CCC1CCC(CNC(C)C)C(Cc2ccncc2Cl)C1. The maximum atomic E-state index is 6.31. The van der Waals surface area contributed by atoms with E-state index in [9.17, 15) is 0 Å². The van der Waals surface area contributed by atoms with E-state index in [0.29, 0.717) is 6.04 Å². The summed E-state index contributed by atoms with van der Waals surface area (Å²) >= 11 is 6.31. The monoisotopic (exact) mass is 308 g/mol. The van der Waals surface area contributed by atoms with Crippen LogP contribution in [-0.4, -0.2) is 17.6 Å². The average molecular weight is 309 g/mol. The van der Waals surface area contributed by atoms with E-state index in [1.165, 1.54) is 31.2 Å². The molecule has 1 aromatic heterocycles. The van der Waals surface area contributed by atoms with Crippen LogP contribution in [0.3, 0.4) is 0 Å². The van der Waals surface area contributed by atoms with Crippen LogP contribution in [0, 0.1) is 17.8 Å². The van der Waals surface area contributed by atoms with Gasteiger partial charge in [0.1, 0.15) is 0 Å². The molecule has 1 aliphatic rings. The number of rotatable bonds is 6. The summed E-state index contributed by atoms with van der Waals surface area (Å²) in [6.07, 6.45) is 10.1. The van der Waals surface area contributed by atoms with E-state index >= 15 is 0 Å². The predicted molar refractivity (Wildman–Crippen MR) is 90.7 cm³/mol. The first-order chi connectivity index (χ1) is 10.1. The van der Waals surface area contributed by atoms with Crippen molar-refractivity contribution in [1.29, 1.82) is 0 Å². The molecule has 0 amide bonds. The summed E-state index contributed by atoms with van der Waals surface area (Å²) in [5.74, 6) is 2.42. The quantitative estimate of drug-likeness (QED) is 0.822. The molecule has 0 aliphatic heterocycles. The summed E-state index contributed by atoms with van der Waals surface area (Å²) < 4.78 is 0. The zero-order valence-electron chi connectivity index (χ0n) is 13.6. The Kier molecular flexibility index (Phi) is 6.50. The molecule has 0 bridgehead atoms. The molecule has 1 fully saturated rings. The highest BCUT2D eigenvalue weighted by Gasteiger charge is 2.30. The Hall–Kier alpha value is -0.600. The molecule has 2 nitrogen and oxygen atoms in total. The highest BCUT2D eigenvalue weighted by molar-refractivity contribution is 6.31. The molecule has 0 radical (unpaired) electrons. The first kappa shape index (κ1) is 16.8. The van der Waals surface area contributed by atoms with Crippen LogP contribution >= 0.6 is 11.6 Å². The maximum Gasteiger partial charge on any atom is 0.0621 e. The molecule has 118 valence electrons. The van der Waals surface area contributed by atoms with Crippen molar-refractivity contribution in [2.45, 2.75) is 58.9 Å². The Morgan fingerprint density at radius 2 is 2.14 bits per heavy atom. The minimum absolute atomic E-state index is 0.569. The van der Waals surface area contributed by atoms with Gasteiger partial charge in [-0.15, -0.1) is 0 Å². The van der Waals surface area contributed by atoms with Gasteiger partial charge < -0.3 is 5.32 Å². The van der Waals surface area contributed by atoms with Crippen molar-refractivity contribution < 1.29 is 0 Å².